The molecule has 3 aromatic rings. The zero-order valence-corrected chi connectivity index (χ0v) is 16.1. The van der Waals surface area contributed by atoms with Gasteiger partial charge in [-0.25, -0.2) is 0 Å². The van der Waals surface area contributed by atoms with Crippen LogP contribution in [-0.2, 0) is 4.79 Å². The zero-order chi connectivity index (χ0) is 21.3. The summed E-state index contributed by atoms with van der Waals surface area (Å²) in [6.45, 7) is 1.74. The Hall–Kier alpha value is -4.28. The number of methoxy groups -OCH3 is 1. The Bertz CT molecular complexity index is 1150. The minimum absolute atomic E-state index is 0.0506. The Morgan fingerprint density at radius 3 is 2.67 bits per heavy atom. The fourth-order valence-corrected chi connectivity index (χ4v) is 3.33. The molecule has 0 radical (unpaired) electrons. The maximum atomic E-state index is 13.3. The van der Waals surface area contributed by atoms with E-state index >= 15 is 0 Å². The summed E-state index contributed by atoms with van der Waals surface area (Å²) < 4.78 is 6.77. The molecule has 0 spiro atoms. The van der Waals surface area contributed by atoms with Crippen LogP contribution in [0.15, 0.2) is 59.8 Å². The Morgan fingerprint density at radius 2 is 1.97 bits per heavy atom. The van der Waals surface area contributed by atoms with Crippen LogP contribution in [0.1, 0.15) is 18.5 Å². The Labute approximate surface area is 170 Å². The molecule has 0 fully saturated rings. The molecule has 1 atom stereocenters. The topological polar surface area (TPSA) is 137 Å². The van der Waals surface area contributed by atoms with E-state index in [2.05, 4.69) is 26.2 Å². The van der Waals surface area contributed by atoms with Gasteiger partial charge in [0, 0.05) is 17.8 Å². The maximum absolute atomic E-state index is 13.3. The number of hydrogen-bond donors (Lipinski definition) is 2. The van der Waals surface area contributed by atoms with Crippen molar-refractivity contribution in [3.8, 4) is 5.75 Å². The van der Waals surface area contributed by atoms with Crippen LogP contribution in [0.5, 0.6) is 5.75 Å². The molecule has 2 aromatic carbocycles. The predicted octanol–water partition coefficient (Wildman–Crippen LogP) is 2.52. The minimum atomic E-state index is -0.674. The van der Waals surface area contributed by atoms with Gasteiger partial charge in [0.2, 0.25) is 5.95 Å². The number of non-ortho nitro benzene ring substituents is 1. The summed E-state index contributed by atoms with van der Waals surface area (Å²) in [6, 6.07) is 12.3. The Balaban J connectivity index is 1.75. The summed E-state index contributed by atoms with van der Waals surface area (Å²) in [6.07, 6.45) is 0. The molecule has 4 rings (SSSR count). The third-order valence-corrected chi connectivity index (χ3v) is 4.73. The molecule has 1 unspecified atom stereocenters. The van der Waals surface area contributed by atoms with E-state index in [1.807, 2.05) is 0 Å². The van der Waals surface area contributed by atoms with Crippen molar-refractivity contribution in [1.82, 2.24) is 20.2 Å². The standard InChI is InChI=1S/C19H17N7O4/c1-11-16(18(27)21-14-5-3-4-6-15(14)30-2)17(25-19(20-11)22-23-24-25)12-7-9-13(10-8-12)26(28)29/h3-10,17H,1-2H3,(H,21,27)(H,20,22,24). The van der Waals surface area contributed by atoms with Crippen molar-refractivity contribution in [2.45, 2.75) is 13.0 Å². The first kappa shape index (κ1) is 19.1. The average molecular weight is 407 g/mol. The SMILES string of the molecule is COc1ccccc1NC(=O)C1=C(C)Nc2nnnn2C1c1ccc([N+](=O)[O-])cc1. The van der Waals surface area contributed by atoms with E-state index in [9.17, 15) is 14.9 Å². The van der Waals surface area contributed by atoms with Gasteiger partial charge in [0.1, 0.15) is 11.8 Å². The van der Waals surface area contributed by atoms with Gasteiger partial charge in [0.15, 0.2) is 0 Å². The van der Waals surface area contributed by atoms with Gasteiger partial charge in [-0.2, -0.15) is 4.68 Å². The van der Waals surface area contributed by atoms with Crippen LogP contribution in [0.4, 0.5) is 17.3 Å². The van der Waals surface area contributed by atoms with Crippen molar-refractivity contribution in [1.29, 1.82) is 0 Å². The van der Waals surface area contributed by atoms with Gasteiger partial charge in [0.05, 0.1) is 23.3 Å². The number of allylic oxidation sites excluding steroid dienone is 1. The molecular formula is C19H17N7O4. The fourth-order valence-electron chi connectivity index (χ4n) is 3.33. The smallest absolute Gasteiger partial charge is 0.269 e. The number of amides is 1. The van der Waals surface area contributed by atoms with Crippen LogP contribution >= 0.6 is 0 Å². The number of nitrogens with one attached hydrogen (secondary N) is 2. The van der Waals surface area contributed by atoms with Gasteiger partial charge in [0.25, 0.3) is 11.6 Å². The molecule has 2 N–H and O–H groups in total. The summed E-state index contributed by atoms with van der Waals surface area (Å²) in [7, 11) is 1.52. The van der Waals surface area contributed by atoms with Gasteiger partial charge in [-0.05, 0) is 47.2 Å². The zero-order valence-electron chi connectivity index (χ0n) is 16.1. The van der Waals surface area contributed by atoms with E-state index in [1.54, 1.807) is 43.3 Å². The first-order valence-corrected chi connectivity index (χ1v) is 8.94. The molecule has 1 amide bonds. The summed E-state index contributed by atoms with van der Waals surface area (Å²) in [5, 5.41) is 28.5. The number of tetrazole rings is 1. The second-order valence-electron chi connectivity index (χ2n) is 6.52. The van der Waals surface area contributed by atoms with E-state index in [1.165, 1.54) is 23.9 Å². The van der Waals surface area contributed by atoms with E-state index in [-0.39, 0.29) is 11.6 Å². The third-order valence-electron chi connectivity index (χ3n) is 4.73. The molecule has 1 aliphatic rings. The molecule has 0 saturated heterocycles. The van der Waals surface area contributed by atoms with E-state index in [4.69, 9.17) is 4.74 Å². The molecule has 2 heterocycles. The molecule has 11 heteroatoms. The lowest BCUT2D eigenvalue weighted by molar-refractivity contribution is -0.384. The van der Waals surface area contributed by atoms with Crippen LogP contribution in [-0.4, -0.2) is 38.1 Å². The monoisotopic (exact) mass is 407 g/mol. The number of para-hydroxylation sites is 2. The van der Waals surface area contributed by atoms with Crippen LogP contribution in [0.3, 0.4) is 0 Å². The van der Waals surface area contributed by atoms with Gasteiger partial charge < -0.3 is 15.4 Å². The third kappa shape index (κ3) is 3.32. The summed E-state index contributed by atoms with van der Waals surface area (Å²) >= 11 is 0. The number of aromatic nitrogens is 4. The number of fused-ring (bicyclic) bond motifs is 1. The van der Waals surface area contributed by atoms with Crippen molar-refractivity contribution in [2.24, 2.45) is 0 Å². The van der Waals surface area contributed by atoms with Crippen molar-refractivity contribution in [3.05, 3.63) is 75.5 Å². The molecule has 0 saturated carbocycles. The number of ether oxygens (including phenoxy) is 1. The molecule has 1 aromatic heterocycles. The number of nitrogens with zero attached hydrogens (tertiary/aromatic N) is 5. The average Bonchev–Trinajstić information content (AvgIpc) is 3.21. The minimum Gasteiger partial charge on any atom is -0.495 e. The number of nitro groups is 1. The van der Waals surface area contributed by atoms with Crippen LogP contribution in [0, 0.1) is 10.1 Å². The molecule has 30 heavy (non-hydrogen) atoms. The predicted molar refractivity (Wildman–Crippen MR) is 107 cm³/mol. The van der Waals surface area contributed by atoms with Crippen LogP contribution in [0.25, 0.3) is 0 Å². The quantitative estimate of drug-likeness (QED) is 0.486. The summed E-state index contributed by atoms with van der Waals surface area (Å²) in [4.78, 5) is 23.8. The largest absolute Gasteiger partial charge is 0.495 e. The lowest BCUT2D eigenvalue weighted by Gasteiger charge is -2.28. The fraction of sp³-hybridized carbons (Fsp3) is 0.158. The highest BCUT2D eigenvalue weighted by atomic mass is 16.6. The van der Waals surface area contributed by atoms with Gasteiger partial charge in [-0.3, -0.25) is 14.9 Å². The number of benzene rings is 2. The van der Waals surface area contributed by atoms with Gasteiger partial charge >= 0.3 is 0 Å². The highest BCUT2D eigenvalue weighted by Gasteiger charge is 2.34. The highest BCUT2D eigenvalue weighted by Crippen LogP contribution is 2.36. The molecule has 1 aliphatic heterocycles. The number of carbonyl (C=O) groups is 1. The summed E-state index contributed by atoms with van der Waals surface area (Å²) in [5.74, 6) is 0.501. The molecular weight excluding hydrogens is 390 g/mol. The number of rotatable bonds is 5. The van der Waals surface area contributed by atoms with Gasteiger partial charge in [-0.1, -0.05) is 17.2 Å². The van der Waals surface area contributed by atoms with Crippen molar-refractivity contribution >= 4 is 23.2 Å². The number of carbonyl (C=O) groups excluding carboxylic acids is 1. The maximum Gasteiger partial charge on any atom is 0.269 e. The number of nitro benzene ring substituents is 1. The van der Waals surface area contributed by atoms with Crippen molar-refractivity contribution in [2.75, 3.05) is 17.7 Å². The van der Waals surface area contributed by atoms with Crippen LogP contribution in [0.2, 0.25) is 0 Å². The Kier molecular flexibility index (Phi) is 4.84. The molecule has 0 bridgehead atoms. The first-order valence-electron chi connectivity index (χ1n) is 8.94. The summed E-state index contributed by atoms with van der Waals surface area (Å²) in [5.41, 5.74) is 2.02. The number of anilines is 2. The molecule has 11 nitrogen and oxygen atoms in total. The second kappa shape index (κ2) is 7.62. The second-order valence-corrected chi connectivity index (χ2v) is 6.52. The Morgan fingerprint density at radius 1 is 1.23 bits per heavy atom. The normalized spacial score (nSPS) is 15.2. The first-order chi connectivity index (χ1) is 14.5. The lowest BCUT2D eigenvalue weighted by atomic mass is 9.95. The van der Waals surface area contributed by atoms with E-state index in [0.717, 1.165) is 0 Å². The molecule has 152 valence electrons. The number of hydrogen-bond acceptors (Lipinski definition) is 8. The molecule has 0 aliphatic carbocycles. The highest BCUT2D eigenvalue weighted by molar-refractivity contribution is 6.06. The van der Waals surface area contributed by atoms with Crippen molar-refractivity contribution in [3.63, 3.8) is 0 Å². The lowest BCUT2D eigenvalue weighted by Crippen LogP contribution is -2.31. The van der Waals surface area contributed by atoms with Crippen molar-refractivity contribution < 1.29 is 14.5 Å². The van der Waals surface area contributed by atoms with Crippen LogP contribution < -0.4 is 15.4 Å². The van der Waals surface area contributed by atoms with E-state index < -0.39 is 11.0 Å². The van der Waals surface area contributed by atoms with E-state index in [0.29, 0.717) is 34.2 Å². The van der Waals surface area contributed by atoms with Gasteiger partial charge in [-0.15, -0.1) is 0 Å².